The largest absolute Gasteiger partial charge is 0.487 e. The van der Waals surface area contributed by atoms with Crippen LogP contribution in [0.1, 0.15) is 16.7 Å². The molecule has 6 heteroatoms. The van der Waals surface area contributed by atoms with Gasteiger partial charge in [0.05, 0.1) is 19.8 Å². The first kappa shape index (κ1) is 24.7. The van der Waals surface area contributed by atoms with Gasteiger partial charge in [-0.15, -0.1) is 0 Å². The Morgan fingerprint density at radius 2 is 1.33 bits per heavy atom. The van der Waals surface area contributed by atoms with Gasteiger partial charge in [0, 0.05) is 0 Å². The van der Waals surface area contributed by atoms with Crippen molar-refractivity contribution in [2.45, 2.75) is 13.0 Å². The minimum atomic E-state index is -0.151. The fourth-order valence-corrected chi connectivity index (χ4v) is 6.33. The van der Waals surface area contributed by atoms with Crippen molar-refractivity contribution in [1.29, 1.82) is 0 Å². The lowest BCUT2D eigenvalue weighted by Gasteiger charge is -2.13. The topological polar surface area (TPSA) is 50.7 Å². The highest BCUT2D eigenvalue weighted by atomic mass is 127. The summed E-state index contributed by atoms with van der Waals surface area (Å²) >= 11 is 4.56. The lowest BCUT2D eigenvalue weighted by molar-refractivity contribution is -0.120. The number of hydrazone groups is 1. The Morgan fingerprint density at radius 3 is 2.00 bits per heavy atom. The van der Waals surface area contributed by atoms with E-state index < -0.39 is 0 Å². The van der Waals surface area contributed by atoms with Crippen molar-refractivity contribution in [2.75, 3.05) is 0 Å². The van der Waals surface area contributed by atoms with Crippen LogP contribution in [0.3, 0.4) is 0 Å². The molecule has 0 fully saturated rings. The molecule has 1 amide bonds. The zero-order valence-electron chi connectivity index (χ0n) is 19.2. The van der Waals surface area contributed by atoms with Crippen LogP contribution in [0, 0.1) is 7.14 Å². The average Bonchev–Trinajstić information content (AvgIpc) is 2.88. The summed E-state index contributed by atoms with van der Waals surface area (Å²) in [7, 11) is 0. The minimum Gasteiger partial charge on any atom is -0.487 e. The number of rotatable bonds is 7. The molecule has 5 aromatic rings. The molecule has 0 heterocycles. The van der Waals surface area contributed by atoms with E-state index in [0.29, 0.717) is 6.61 Å². The van der Waals surface area contributed by atoms with Crippen LogP contribution in [0.25, 0.3) is 21.5 Å². The number of carbonyl (C=O) groups is 1. The summed E-state index contributed by atoms with van der Waals surface area (Å²) in [5, 5.41) is 8.80. The fraction of sp³-hybridized carbons (Fsp3) is 0.0667. The van der Waals surface area contributed by atoms with Gasteiger partial charge in [0.25, 0.3) is 0 Å². The summed E-state index contributed by atoms with van der Waals surface area (Å²) in [6.45, 7) is 0.491. The first-order valence-corrected chi connectivity index (χ1v) is 13.6. The van der Waals surface area contributed by atoms with E-state index >= 15 is 0 Å². The first-order chi connectivity index (χ1) is 17.6. The highest BCUT2D eigenvalue weighted by molar-refractivity contribution is 14.1. The Morgan fingerprint density at radius 1 is 0.778 bits per heavy atom. The number of fused-ring (bicyclic) bond motifs is 2. The highest BCUT2D eigenvalue weighted by Crippen LogP contribution is 2.30. The second-order valence-electron chi connectivity index (χ2n) is 8.35. The van der Waals surface area contributed by atoms with Crippen LogP contribution in [0.4, 0.5) is 0 Å². The van der Waals surface area contributed by atoms with Crippen molar-refractivity contribution in [3.63, 3.8) is 0 Å². The quantitative estimate of drug-likeness (QED) is 0.109. The van der Waals surface area contributed by atoms with Crippen LogP contribution >= 0.6 is 45.2 Å². The molecule has 0 atom stereocenters. The number of hydrogen-bond acceptors (Lipinski definition) is 3. The molecule has 5 aromatic carbocycles. The SMILES string of the molecule is O=C(Cc1cccc2ccccc12)N/N=C\c1cc(I)c(OCc2cccc3ccccc23)c(I)c1. The molecule has 0 saturated heterocycles. The molecule has 1 N–H and O–H groups in total. The Bertz CT molecular complexity index is 1560. The maximum absolute atomic E-state index is 12.5. The molecule has 0 aliphatic carbocycles. The van der Waals surface area contributed by atoms with Crippen LogP contribution in [-0.2, 0) is 17.8 Å². The van der Waals surface area contributed by atoms with E-state index in [-0.39, 0.29) is 12.3 Å². The number of nitrogens with one attached hydrogen (secondary N) is 1. The number of carbonyl (C=O) groups excluding carboxylic acids is 1. The molecule has 0 radical (unpaired) electrons. The standard InChI is InChI=1S/C30H22I2N2O2/c31-27-15-20(18-33-34-29(35)17-23-11-5-9-21-7-1-3-13-25(21)23)16-28(32)30(27)36-19-24-12-6-10-22-8-2-4-14-26(22)24/h1-16,18H,17,19H2,(H,34,35)/b33-18-. The van der Waals surface area contributed by atoms with Crippen molar-refractivity contribution in [3.05, 3.63) is 121 Å². The van der Waals surface area contributed by atoms with Gasteiger partial charge < -0.3 is 4.74 Å². The Balaban J connectivity index is 1.23. The van der Waals surface area contributed by atoms with Gasteiger partial charge >= 0.3 is 0 Å². The summed E-state index contributed by atoms with van der Waals surface area (Å²) in [5.74, 6) is 0.698. The fourth-order valence-electron chi connectivity index (χ4n) is 4.20. The molecule has 5 rings (SSSR count). The third-order valence-corrected chi connectivity index (χ3v) is 7.51. The number of benzene rings is 5. The maximum atomic E-state index is 12.5. The van der Waals surface area contributed by atoms with E-state index in [2.05, 4.69) is 86.0 Å². The van der Waals surface area contributed by atoms with Gasteiger partial charge in [-0.25, -0.2) is 5.43 Å². The third kappa shape index (κ3) is 5.70. The number of halogens is 2. The van der Waals surface area contributed by atoms with Crippen LogP contribution in [0.15, 0.2) is 102 Å². The van der Waals surface area contributed by atoms with Crippen LogP contribution < -0.4 is 10.2 Å². The number of hydrogen-bond donors (Lipinski definition) is 1. The molecule has 0 aliphatic rings. The summed E-state index contributed by atoms with van der Waals surface area (Å²) < 4.78 is 8.21. The summed E-state index contributed by atoms with van der Waals surface area (Å²) in [5.41, 5.74) is 5.69. The van der Waals surface area contributed by atoms with Crippen molar-refractivity contribution in [1.82, 2.24) is 5.43 Å². The molecule has 0 aliphatic heterocycles. The van der Waals surface area contributed by atoms with E-state index in [1.165, 1.54) is 10.8 Å². The number of ether oxygens (including phenoxy) is 1. The maximum Gasteiger partial charge on any atom is 0.244 e. The molecule has 36 heavy (non-hydrogen) atoms. The molecule has 178 valence electrons. The molecule has 0 unspecified atom stereocenters. The van der Waals surface area contributed by atoms with Crippen molar-refractivity contribution < 1.29 is 9.53 Å². The molecule has 0 aromatic heterocycles. The molecule has 0 bridgehead atoms. The predicted octanol–water partition coefficient (Wildman–Crippen LogP) is 7.47. The van der Waals surface area contributed by atoms with E-state index in [1.807, 2.05) is 66.7 Å². The number of nitrogens with zero attached hydrogens (tertiary/aromatic N) is 1. The second-order valence-corrected chi connectivity index (χ2v) is 10.7. The summed E-state index contributed by atoms with van der Waals surface area (Å²) in [6, 6.07) is 32.7. The molecule has 4 nitrogen and oxygen atoms in total. The highest BCUT2D eigenvalue weighted by Gasteiger charge is 2.11. The van der Waals surface area contributed by atoms with Crippen molar-refractivity contribution in [3.8, 4) is 5.75 Å². The van der Waals surface area contributed by atoms with Gasteiger partial charge in [0.1, 0.15) is 12.4 Å². The van der Waals surface area contributed by atoms with E-state index in [4.69, 9.17) is 4.74 Å². The van der Waals surface area contributed by atoms with Gasteiger partial charge in [0.15, 0.2) is 0 Å². The lowest BCUT2D eigenvalue weighted by Crippen LogP contribution is -2.19. The van der Waals surface area contributed by atoms with E-state index in [0.717, 1.165) is 40.4 Å². The Hall–Kier alpha value is -2.98. The predicted molar refractivity (Wildman–Crippen MR) is 164 cm³/mol. The normalized spacial score (nSPS) is 11.3. The van der Waals surface area contributed by atoms with E-state index in [1.54, 1.807) is 6.21 Å². The monoisotopic (exact) mass is 696 g/mol. The third-order valence-electron chi connectivity index (χ3n) is 5.91. The van der Waals surface area contributed by atoms with Gasteiger partial charge in [0.2, 0.25) is 5.91 Å². The summed E-state index contributed by atoms with van der Waals surface area (Å²) in [4.78, 5) is 12.5. The molecular weight excluding hydrogens is 674 g/mol. The first-order valence-electron chi connectivity index (χ1n) is 11.5. The van der Waals surface area contributed by atoms with Crippen LogP contribution in [0.2, 0.25) is 0 Å². The number of amides is 1. The average molecular weight is 696 g/mol. The van der Waals surface area contributed by atoms with Gasteiger partial charge in [-0.2, -0.15) is 5.10 Å². The molecule has 0 spiro atoms. The second kappa shape index (κ2) is 11.4. The summed E-state index contributed by atoms with van der Waals surface area (Å²) in [6.07, 6.45) is 1.94. The zero-order chi connectivity index (χ0) is 24.9. The van der Waals surface area contributed by atoms with Crippen LogP contribution in [0.5, 0.6) is 5.75 Å². The molecule has 0 saturated carbocycles. The van der Waals surface area contributed by atoms with Gasteiger partial charge in [-0.1, -0.05) is 84.9 Å². The van der Waals surface area contributed by atoms with Gasteiger partial charge in [-0.05, 0) is 95.5 Å². The van der Waals surface area contributed by atoms with Crippen LogP contribution in [-0.4, -0.2) is 12.1 Å². The van der Waals surface area contributed by atoms with E-state index in [9.17, 15) is 4.79 Å². The lowest BCUT2D eigenvalue weighted by atomic mass is 10.0. The molecular formula is C30H22I2N2O2. The Labute approximate surface area is 237 Å². The van der Waals surface area contributed by atoms with Crippen molar-refractivity contribution >= 4 is 78.8 Å². The Kier molecular flexibility index (Phi) is 7.81. The smallest absolute Gasteiger partial charge is 0.244 e. The zero-order valence-corrected chi connectivity index (χ0v) is 23.6. The minimum absolute atomic E-state index is 0.151. The van der Waals surface area contributed by atoms with Gasteiger partial charge in [-0.3, -0.25) is 4.79 Å². The van der Waals surface area contributed by atoms with Crippen molar-refractivity contribution in [2.24, 2.45) is 5.10 Å².